The van der Waals surface area contributed by atoms with Crippen molar-refractivity contribution in [3.63, 3.8) is 0 Å². The molecule has 2 aromatic heterocycles. The molecule has 0 unspecified atom stereocenters. The van der Waals surface area contributed by atoms with Crippen LogP contribution in [0.4, 0.5) is 11.4 Å². The zero-order chi connectivity index (χ0) is 20.2. The summed E-state index contributed by atoms with van der Waals surface area (Å²) >= 11 is 0. The second-order valence-corrected chi connectivity index (χ2v) is 6.25. The number of benzene rings is 2. The van der Waals surface area contributed by atoms with Gasteiger partial charge in [0.1, 0.15) is 5.69 Å². The van der Waals surface area contributed by atoms with Crippen molar-refractivity contribution in [2.75, 3.05) is 5.32 Å². The number of hydrogen-bond donors (Lipinski definition) is 1. The van der Waals surface area contributed by atoms with E-state index in [4.69, 9.17) is 4.42 Å². The third kappa shape index (κ3) is 3.89. The minimum atomic E-state index is -0.434. The van der Waals surface area contributed by atoms with Gasteiger partial charge < -0.3 is 9.73 Å². The molecule has 0 aliphatic heterocycles. The van der Waals surface area contributed by atoms with Crippen LogP contribution >= 0.6 is 0 Å². The lowest BCUT2D eigenvalue weighted by molar-refractivity contribution is -0.384. The van der Waals surface area contributed by atoms with Crippen molar-refractivity contribution in [1.29, 1.82) is 0 Å². The highest BCUT2D eigenvalue weighted by Gasteiger charge is 2.12. The Kier molecular flexibility index (Phi) is 4.86. The van der Waals surface area contributed by atoms with Gasteiger partial charge in [0.15, 0.2) is 5.76 Å². The summed E-state index contributed by atoms with van der Waals surface area (Å²) in [6.45, 7) is 0. The molecule has 4 rings (SSSR count). The number of nitrogens with zero attached hydrogens (tertiary/aromatic N) is 2. The number of carbonyl (C=O) groups is 1. The van der Waals surface area contributed by atoms with Gasteiger partial charge in [-0.25, -0.2) is 4.98 Å². The fraction of sp³-hybridized carbons (Fsp3) is 0. The average molecular weight is 385 g/mol. The molecule has 7 nitrogen and oxygen atoms in total. The van der Waals surface area contributed by atoms with Gasteiger partial charge in [-0.05, 0) is 59.7 Å². The second-order valence-electron chi connectivity index (χ2n) is 6.25. The fourth-order valence-corrected chi connectivity index (χ4v) is 2.98. The van der Waals surface area contributed by atoms with Gasteiger partial charge in [0, 0.05) is 23.4 Å². The number of aromatic nitrogens is 1. The van der Waals surface area contributed by atoms with Gasteiger partial charge >= 0.3 is 0 Å². The Hall–Kier alpha value is -4.26. The third-order valence-electron chi connectivity index (χ3n) is 4.42. The molecule has 2 aromatic carbocycles. The quantitative estimate of drug-likeness (QED) is 0.281. The molecule has 142 valence electrons. The molecule has 0 atom stereocenters. The summed E-state index contributed by atoms with van der Waals surface area (Å²) in [5.41, 5.74) is 4.62. The Morgan fingerprint density at radius 3 is 2.21 bits per heavy atom. The molecule has 29 heavy (non-hydrogen) atoms. The molecule has 7 heteroatoms. The topological polar surface area (TPSA) is 98.3 Å². The molecule has 0 bridgehead atoms. The largest absolute Gasteiger partial charge is 0.463 e. The molecule has 0 fully saturated rings. The molecule has 1 amide bonds. The number of nitro groups is 1. The summed E-state index contributed by atoms with van der Waals surface area (Å²) in [4.78, 5) is 25.8. The first kappa shape index (κ1) is 18.1. The monoisotopic (exact) mass is 385 g/mol. The van der Waals surface area contributed by atoms with Crippen LogP contribution in [0.25, 0.3) is 33.8 Å². The van der Waals surface area contributed by atoms with Gasteiger partial charge in [-0.1, -0.05) is 12.1 Å². The van der Waals surface area contributed by atoms with Crippen molar-refractivity contribution in [2.45, 2.75) is 0 Å². The van der Waals surface area contributed by atoms with Crippen LogP contribution < -0.4 is 5.32 Å². The van der Waals surface area contributed by atoms with Crippen molar-refractivity contribution in [2.24, 2.45) is 0 Å². The van der Waals surface area contributed by atoms with E-state index in [0.717, 1.165) is 16.7 Å². The number of rotatable bonds is 6. The van der Waals surface area contributed by atoms with Crippen molar-refractivity contribution in [3.8, 4) is 33.8 Å². The highest BCUT2D eigenvalue weighted by atomic mass is 16.6. The van der Waals surface area contributed by atoms with Crippen LogP contribution in [0.5, 0.6) is 0 Å². The minimum absolute atomic E-state index is 0.0226. The standard InChI is InChI=1S/C22H15N3O4/c26-14-23-18-7-3-15(4-8-18)17-12-20(16-5-9-19(10-6-16)25(27)28)24-21(13-17)22-2-1-11-29-22/h1-14H,(H,23,26). The smallest absolute Gasteiger partial charge is 0.269 e. The normalized spacial score (nSPS) is 10.5. The van der Waals surface area contributed by atoms with Crippen LogP contribution in [0.1, 0.15) is 0 Å². The average Bonchev–Trinajstić information content (AvgIpc) is 3.29. The molecule has 4 aromatic rings. The van der Waals surface area contributed by atoms with Gasteiger partial charge in [-0.3, -0.25) is 14.9 Å². The van der Waals surface area contributed by atoms with Gasteiger partial charge in [-0.2, -0.15) is 0 Å². The second kappa shape index (κ2) is 7.77. The van der Waals surface area contributed by atoms with Crippen molar-refractivity contribution < 1.29 is 14.1 Å². The predicted octanol–water partition coefficient (Wildman–Crippen LogP) is 5.15. The molecule has 1 N–H and O–H groups in total. The van der Waals surface area contributed by atoms with Crippen LogP contribution in [0.3, 0.4) is 0 Å². The number of anilines is 1. The van der Waals surface area contributed by atoms with Crippen LogP contribution in [0, 0.1) is 10.1 Å². The van der Waals surface area contributed by atoms with E-state index >= 15 is 0 Å². The van der Waals surface area contributed by atoms with Gasteiger partial charge in [-0.15, -0.1) is 0 Å². The molecule has 0 aliphatic carbocycles. The number of nitrogens with one attached hydrogen (secondary N) is 1. The molecule has 0 saturated carbocycles. The first-order valence-electron chi connectivity index (χ1n) is 8.75. The molecule has 0 saturated heterocycles. The third-order valence-corrected chi connectivity index (χ3v) is 4.42. The number of nitro benzene ring substituents is 1. The molecule has 0 aliphatic rings. The van der Waals surface area contributed by atoms with Crippen molar-refractivity contribution in [3.05, 3.63) is 89.2 Å². The van der Waals surface area contributed by atoms with Crippen LogP contribution in [0.2, 0.25) is 0 Å². The highest BCUT2D eigenvalue weighted by Crippen LogP contribution is 2.31. The van der Waals surface area contributed by atoms with E-state index in [1.165, 1.54) is 12.1 Å². The minimum Gasteiger partial charge on any atom is -0.463 e. The number of hydrogen-bond acceptors (Lipinski definition) is 5. The van der Waals surface area contributed by atoms with E-state index < -0.39 is 4.92 Å². The summed E-state index contributed by atoms with van der Waals surface area (Å²) in [6, 6.07) is 21.1. The molecule has 0 radical (unpaired) electrons. The maximum atomic E-state index is 10.9. The van der Waals surface area contributed by atoms with E-state index in [1.807, 2.05) is 42.5 Å². The van der Waals surface area contributed by atoms with E-state index in [1.54, 1.807) is 24.5 Å². The fourth-order valence-electron chi connectivity index (χ4n) is 2.98. The van der Waals surface area contributed by atoms with Gasteiger partial charge in [0.05, 0.1) is 16.9 Å². The van der Waals surface area contributed by atoms with E-state index in [2.05, 4.69) is 10.3 Å². The Labute approximate surface area is 165 Å². The predicted molar refractivity (Wildman–Crippen MR) is 109 cm³/mol. The van der Waals surface area contributed by atoms with Crippen LogP contribution in [-0.2, 0) is 4.79 Å². The zero-order valence-electron chi connectivity index (χ0n) is 15.1. The summed E-state index contributed by atoms with van der Waals surface area (Å²) in [7, 11) is 0. The SMILES string of the molecule is O=CNc1ccc(-c2cc(-c3ccc([N+](=O)[O-])cc3)nc(-c3ccco3)c2)cc1. The summed E-state index contributed by atoms with van der Waals surface area (Å²) < 4.78 is 5.50. The first-order chi connectivity index (χ1) is 14.1. The molecule has 0 spiro atoms. The Morgan fingerprint density at radius 2 is 1.59 bits per heavy atom. The Bertz CT molecular complexity index is 1150. The highest BCUT2D eigenvalue weighted by molar-refractivity contribution is 5.78. The number of carbonyl (C=O) groups excluding carboxylic acids is 1. The molecular weight excluding hydrogens is 370 g/mol. The Balaban J connectivity index is 1.80. The lowest BCUT2D eigenvalue weighted by Crippen LogP contribution is -1.94. The lowest BCUT2D eigenvalue weighted by atomic mass is 10.0. The lowest BCUT2D eigenvalue weighted by Gasteiger charge is -2.09. The molecule has 2 heterocycles. The van der Waals surface area contributed by atoms with Gasteiger partial charge in [0.25, 0.3) is 5.69 Å². The van der Waals surface area contributed by atoms with Crippen molar-refractivity contribution in [1.82, 2.24) is 4.98 Å². The number of pyridine rings is 1. The number of furan rings is 1. The van der Waals surface area contributed by atoms with Gasteiger partial charge in [0.2, 0.25) is 6.41 Å². The molecular formula is C22H15N3O4. The van der Waals surface area contributed by atoms with E-state index in [-0.39, 0.29) is 5.69 Å². The summed E-state index contributed by atoms with van der Waals surface area (Å²) in [6.07, 6.45) is 2.21. The van der Waals surface area contributed by atoms with Crippen LogP contribution in [0.15, 0.2) is 83.5 Å². The van der Waals surface area contributed by atoms with Crippen molar-refractivity contribution >= 4 is 17.8 Å². The Morgan fingerprint density at radius 1 is 0.897 bits per heavy atom. The summed E-state index contributed by atoms with van der Waals surface area (Å²) in [5, 5.41) is 13.5. The van der Waals surface area contributed by atoms with E-state index in [0.29, 0.717) is 29.2 Å². The maximum Gasteiger partial charge on any atom is 0.269 e. The number of amides is 1. The number of non-ortho nitro benzene ring substituents is 1. The van der Waals surface area contributed by atoms with Crippen LogP contribution in [-0.4, -0.2) is 16.3 Å². The first-order valence-corrected chi connectivity index (χ1v) is 8.75. The summed E-state index contributed by atoms with van der Waals surface area (Å²) in [5.74, 6) is 0.620. The van der Waals surface area contributed by atoms with E-state index in [9.17, 15) is 14.9 Å². The zero-order valence-corrected chi connectivity index (χ0v) is 15.1. The maximum absolute atomic E-state index is 10.9.